The Morgan fingerprint density at radius 3 is 2.00 bits per heavy atom. The summed E-state index contributed by atoms with van der Waals surface area (Å²) in [5, 5.41) is 0. The van der Waals surface area contributed by atoms with Crippen molar-refractivity contribution in [3.05, 3.63) is 12.7 Å². The molecule has 1 nitrogen and oxygen atoms in total. The zero-order chi connectivity index (χ0) is 4.28. The number of carbonyl (C=O) groups excluding carboxylic acids is 1. The molecule has 0 aromatic rings. The Morgan fingerprint density at radius 1 is 1.83 bits per heavy atom. The third kappa shape index (κ3) is 8.82. The number of carbonyl (C=O) groups is 1. The molecule has 0 heterocycles. The number of rotatable bonds is 1. The molecule has 6 heavy (non-hydrogen) atoms. The number of hydrogen-bond donors (Lipinski definition) is 0. The van der Waals surface area contributed by atoms with Gasteiger partial charge in [-0.25, -0.2) is 0 Å². The van der Waals surface area contributed by atoms with E-state index in [0.29, 0.717) is 0 Å². The van der Waals surface area contributed by atoms with Gasteiger partial charge in [-0.1, -0.05) is 0 Å². The average molecular weight is 302 g/mol. The molecule has 0 bridgehead atoms. The fourth-order valence-electron chi connectivity index (χ4n) is 0. The Labute approximate surface area is 59.3 Å². The predicted octanol–water partition coefficient (Wildman–Crippen LogP) is 0.243. The van der Waals surface area contributed by atoms with E-state index >= 15 is 0 Å². The minimum atomic E-state index is -0.419. The second-order valence-corrected chi connectivity index (χ2v) is 0.935. The summed E-state index contributed by atoms with van der Waals surface area (Å²) in [5.74, 6) is 0. The van der Waals surface area contributed by atoms with Crippen molar-refractivity contribution in [3.63, 3.8) is 0 Å². The van der Waals surface area contributed by atoms with Crippen LogP contribution in [0.1, 0.15) is 0 Å². The molecule has 0 aromatic carbocycles. The van der Waals surface area contributed by atoms with Crippen LogP contribution in [0.3, 0.4) is 0 Å². The minimum Gasteiger partial charge on any atom is 0 e. The van der Waals surface area contributed by atoms with E-state index in [2.05, 4.69) is 22.6 Å². The summed E-state index contributed by atoms with van der Waals surface area (Å²) in [6, 6.07) is 0. The van der Waals surface area contributed by atoms with Gasteiger partial charge in [0.15, 0.2) is 0 Å². The summed E-state index contributed by atoms with van der Waals surface area (Å²) >= 11 is 4.15. The normalized spacial score (nSPS) is 5.67. The first-order valence-corrected chi connectivity index (χ1v) is 1.52. The van der Waals surface area contributed by atoms with Crippen molar-refractivity contribution in [3.8, 4) is 0 Å². The Kier molecular flexibility index (Phi) is 9.17. The molecule has 0 amide bonds. The molecule has 0 fully saturated rings. The van der Waals surface area contributed by atoms with E-state index in [-0.39, 0.29) is 21.1 Å². The van der Waals surface area contributed by atoms with Gasteiger partial charge >= 0.3 is 38.1 Å². The van der Waals surface area contributed by atoms with E-state index in [1.54, 1.807) is 0 Å². The summed E-state index contributed by atoms with van der Waals surface area (Å²) in [7, 11) is 0. The van der Waals surface area contributed by atoms with Crippen molar-refractivity contribution >= 4 is 4.68 Å². The van der Waals surface area contributed by atoms with E-state index in [9.17, 15) is 4.79 Å². The molecule has 0 saturated carbocycles. The summed E-state index contributed by atoms with van der Waals surface area (Å²) in [6.07, 6.45) is 1.08. The predicted molar refractivity (Wildman–Crippen MR) is 15.2 cm³/mol. The van der Waals surface area contributed by atoms with Gasteiger partial charge in [0, 0.05) is 21.1 Å². The van der Waals surface area contributed by atoms with Crippen LogP contribution in [0.2, 0.25) is 0 Å². The molecular weight excluding hydrogens is 299 g/mol. The zero-order valence-electron chi connectivity index (χ0n) is 2.90. The van der Waals surface area contributed by atoms with E-state index in [4.69, 9.17) is 0 Å². The Morgan fingerprint density at radius 2 is 2.00 bits per heavy atom. The van der Waals surface area contributed by atoms with Crippen molar-refractivity contribution in [1.29, 1.82) is 0 Å². The molecule has 0 saturated heterocycles. The fraction of sp³-hybridized carbons (Fsp3) is 0. The van der Waals surface area contributed by atoms with Gasteiger partial charge < -0.3 is 0 Å². The molecule has 3 heteroatoms. The monoisotopic (exact) mass is 302 g/mol. The molecule has 38 valence electrons. The molecule has 0 aliphatic heterocycles. The van der Waals surface area contributed by atoms with Crippen LogP contribution in [0.4, 0.5) is 0 Å². The third-order valence-electron chi connectivity index (χ3n) is 0.145. The van der Waals surface area contributed by atoms with Crippen LogP contribution in [0, 0.1) is 0 Å². The van der Waals surface area contributed by atoms with Crippen molar-refractivity contribution in [2.45, 2.75) is 0 Å². The summed E-state index contributed by atoms with van der Waals surface area (Å²) in [4.78, 5) is 9.50. The first-order valence-electron chi connectivity index (χ1n) is 1.05. The first kappa shape index (κ1) is 9.79. The smallest absolute Gasteiger partial charge is 0 e. The number of hydrogen-bond acceptors (Lipinski definition) is 1. The molecule has 0 radical (unpaired) electrons. The Balaban J connectivity index is 0. The van der Waals surface area contributed by atoms with Crippen molar-refractivity contribution in [1.82, 2.24) is 0 Å². The third-order valence-corrected chi connectivity index (χ3v) is 0.337. The molecule has 0 atom stereocenters. The summed E-state index contributed by atoms with van der Waals surface area (Å²) in [6.45, 7) is 3.10. The van der Waals surface area contributed by atoms with Gasteiger partial charge in [0.05, 0.1) is 0 Å². The molecule has 0 unspecified atom stereocenters. The van der Waals surface area contributed by atoms with Gasteiger partial charge in [-0.15, -0.1) is 0 Å². The molecule has 0 N–H and O–H groups in total. The van der Waals surface area contributed by atoms with Crippen LogP contribution in [0.15, 0.2) is 12.7 Å². The van der Waals surface area contributed by atoms with E-state index in [1.807, 2.05) is 0 Å². The van der Waals surface area contributed by atoms with Crippen LogP contribution >= 0.6 is 0 Å². The average Bonchev–Trinajstić information content (AvgIpc) is 1.38. The van der Waals surface area contributed by atoms with E-state index in [1.165, 1.54) is 0 Å². The first-order chi connectivity index (χ1) is 2.27. The Hall–Kier alpha value is 0.618. The van der Waals surface area contributed by atoms with Gasteiger partial charge in [0.1, 0.15) is 0 Å². The molecule has 0 spiro atoms. The van der Waals surface area contributed by atoms with Crippen LogP contribution in [0.5, 0.6) is 0 Å². The molecule has 0 aromatic heterocycles. The molecule has 0 rings (SSSR count). The second-order valence-electron chi connectivity index (χ2n) is 0.471. The van der Waals surface area contributed by atoms with Gasteiger partial charge in [0.2, 0.25) is 0 Å². The van der Waals surface area contributed by atoms with Crippen molar-refractivity contribution < 1.29 is 41.9 Å². The molecule has 0 aliphatic rings. The van der Waals surface area contributed by atoms with Crippen LogP contribution in [-0.2, 0) is 41.9 Å². The standard InChI is InChI=1S/C3H3O.Cu.W/c1-2-3-4;;/h2H,1H2;;. The van der Waals surface area contributed by atoms with Gasteiger partial charge in [-0.2, -0.15) is 0 Å². The topological polar surface area (TPSA) is 17.1 Å². The molecular formula is C3H3CuOW. The van der Waals surface area contributed by atoms with Crippen LogP contribution in [0.25, 0.3) is 0 Å². The fourth-order valence-corrected chi connectivity index (χ4v) is 0. The maximum atomic E-state index is 9.50. The maximum absolute atomic E-state index is 9.50. The van der Waals surface area contributed by atoms with Crippen LogP contribution in [-0.4, -0.2) is 4.68 Å². The van der Waals surface area contributed by atoms with E-state index in [0.717, 1.165) is 6.08 Å². The minimum absolute atomic E-state index is 0. The number of allylic oxidation sites excluding steroid dienone is 1. The van der Waals surface area contributed by atoms with Gasteiger partial charge in [0.25, 0.3) is 0 Å². The maximum Gasteiger partial charge on any atom is 0 e. The van der Waals surface area contributed by atoms with Crippen molar-refractivity contribution in [2.75, 3.05) is 0 Å². The van der Waals surface area contributed by atoms with Gasteiger partial charge in [-0.3, -0.25) is 0 Å². The molecule has 0 aliphatic carbocycles. The SMILES string of the molecule is C=C[C](=O)[Cu].[W]. The van der Waals surface area contributed by atoms with Gasteiger partial charge in [-0.05, 0) is 0 Å². The largest absolute Gasteiger partial charge is 0 e. The summed E-state index contributed by atoms with van der Waals surface area (Å²) < 4.78 is -0.419. The second kappa shape index (κ2) is 5.62. The van der Waals surface area contributed by atoms with E-state index < -0.39 is 4.68 Å². The quantitative estimate of drug-likeness (QED) is 0.501. The summed E-state index contributed by atoms with van der Waals surface area (Å²) in [5.41, 5.74) is 0. The zero-order valence-corrected chi connectivity index (χ0v) is 6.78. The van der Waals surface area contributed by atoms with Crippen molar-refractivity contribution in [2.24, 2.45) is 0 Å². The van der Waals surface area contributed by atoms with Crippen LogP contribution < -0.4 is 0 Å². The Bertz CT molecular complexity index is 61.8.